The maximum absolute atomic E-state index is 12.7. The summed E-state index contributed by atoms with van der Waals surface area (Å²) in [5, 5.41) is 5.85. The second-order valence-corrected chi connectivity index (χ2v) is 8.69. The van der Waals surface area contributed by atoms with Crippen LogP contribution in [0.5, 0.6) is 5.75 Å². The van der Waals surface area contributed by atoms with Crippen LogP contribution < -0.4 is 20.3 Å². The number of thiocarbonyl (C=S) groups is 1. The molecule has 0 aromatic heterocycles. The number of hydrogen-bond donors (Lipinski definition) is 2. The Kier molecular flexibility index (Phi) is 6.77. The number of imide groups is 1. The van der Waals surface area contributed by atoms with Gasteiger partial charge in [-0.2, -0.15) is 0 Å². The van der Waals surface area contributed by atoms with E-state index in [-0.39, 0.29) is 31.5 Å². The number of benzene rings is 3. The Morgan fingerprint density at radius 3 is 2.18 bits per heavy atom. The number of amides is 3. The van der Waals surface area contributed by atoms with E-state index in [9.17, 15) is 14.4 Å². The van der Waals surface area contributed by atoms with Crippen molar-refractivity contribution in [3.63, 3.8) is 0 Å². The molecule has 0 spiro atoms. The Bertz CT molecular complexity index is 1340. The first-order valence-electron chi connectivity index (χ1n) is 9.64. The molecule has 0 saturated carbocycles. The number of halogens is 3. The van der Waals surface area contributed by atoms with Crippen molar-refractivity contribution in [1.82, 2.24) is 5.32 Å². The molecule has 0 unspecified atom stereocenters. The molecule has 1 heterocycles. The van der Waals surface area contributed by atoms with Crippen LogP contribution in [-0.4, -0.2) is 29.9 Å². The third kappa shape index (κ3) is 4.45. The summed E-state index contributed by atoms with van der Waals surface area (Å²) in [7, 11) is 1.37. The van der Waals surface area contributed by atoms with E-state index < -0.39 is 17.7 Å². The van der Waals surface area contributed by atoms with Crippen LogP contribution >= 0.6 is 47.0 Å². The van der Waals surface area contributed by atoms with Crippen LogP contribution in [0.25, 0.3) is 0 Å². The Morgan fingerprint density at radius 1 is 0.941 bits per heavy atom. The fourth-order valence-corrected chi connectivity index (χ4v) is 4.42. The number of anilines is 2. The molecule has 0 bridgehead atoms. The smallest absolute Gasteiger partial charge is 0.266 e. The molecule has 1 aliphatic heterocycles. The lowest BCUT2D eigenvalue weighted by Gasteiger charge is -2.17. The van der Waals surface area contributed by atoms with Crippen LogP contribution in [0, 0.1) is 0 Å². The van der Waals surface area contributed by atoms with Gasteiger partial charge in [-0.05, 0) is 54.7 Å². The van der Waals surface area contributed by atoms with Gasteiger partial charge in [-0.15, -0.1) is 0 Å². The summed E-state index contributed by atoms with van der Waals surface area (Å²) in [5.41, 5.74) is 1.40. The zero-order valence-corrected chi connectivity index (χ0v) is 20.4. The van der Waals surface area contributed by atoms with E-state index in [4.69, 9.17) is 51.8 Å². The van der Waals surface area contributed by atoms with Crippen LogP contribution in [0.1, 0.15) is 31.1 Å². The average molecular weight is 535 g/mol. The summed E-state index contributed by atoms with van der Waals surface area (Å²) in [5.74, 6) is -1.32. The lowest BCUT2D eigenvalue weighted by molar-refractivity contribution is 0.0923. The van der Waals surface area contributed by atoms with Gasteiger partial charge in [0.2, 0.25) is 0 Å². The molecular formula is C23H14Cl3N3O4S. The van der Waals surface area contributed by atoms with Gasteiger partial charge in [0.05, 0.1) is 45.2 Å². The Hall–Kier alpha value is -3.17. The number of carbonyl (C=O) groups is 3. The molecule has 0 atom stereocenters. The topological polar surface area (TPSA) is 87.7 Å². The van der Waals surface area contributed by atoms with Crippen molar-refractivity contribution in [3.05, 3.63) is 86.4 Å². The second kappa shape index (κ2) is 9.60. The summed E-state index contributed by atoms with van der Waals surface area (Å²) < 4.78 is 5.18. The quantitative estimate of drug-likeness (QED) is 0.335. The number of rotatable bonds is 4. The van der Waals surface area contributed by atoms with Crippen LogP contribution in [-0.2, 0) is 0 Å². The van der Waals surface area contributed by atoms with E-state index in [1.165, 1.54) is 31.4 Å². The van der Waals surface area contributed by atoms with Gasteiger partial charge in [0.15, 0.2) is 5.11 Å². The van der Waals surface area contributed by atoms with E-state index >= 15 is 0 Å². The first-order valence-corrected chi connectivity index (χ1v) is 11.2. The highest BCUT2D eigenvalue weighted by atomic mass is 35.5. The van der Waals surface area contributed by atoms with E-state index in [0.717, 1.165) is 4.90 Å². The highest BCUT2D eigenvalue weighted by Crippen LogP contribution is 2.34. The number of nitrogens with zero attached hydrogens (tertiary/aromatic N) is 1. The van der Waals surface area contributed by atoms with Crippen LogP contribution in [0.15, 0.2) is 54.6 Å². The van der Waals surface area contributed by atoms with Crippen molar-refractivity contribution >= 4 is 81.2 Å². The third-order valence-corrected chi connectivity index (χ3v) is 5.95. The number of fused-ring (bicyclic) bond motifs is 1. The molecule has 7 nitrogen and oxygen atoms in total. The van der Waals surface area contributed by atoms with Gasteiger partial charge in [0.1, 0.15) is 5.75 Å². The van der Waals surface area contributed by atoms with Gasteiger partial charge >= 0.3 is 0 Å². The molecule has 0 aliphatic carbocycles. The minimum Gasteiger partial charge on any atom is -0.494 e. The number of methoxy groups -OCH3 is 1. The second-order valence-electron chi connectivity index (χ2n) is 7.03. The molecule has 2 N–H and O–H groups in total. The number of carbonyl (C=O) groups excluding carboxylic acids is 3. The number of hydrogen-bond acceptors (Lipinski definition) is 5. The van der Waals surface area contributed by atoms with E-state index in [1.54, 1.807) is 30.3 Å². The summed E-state index contributed by atoms with van der Waals surface area (Å²) in [4.78, 5) is 39.1. The molecule has 11 heteroatoms. The minimum absolute atomic E-state index is 0.0569. The third-order valence-electron chi connectivity index (χ3n) is 4.94. The lowest BCUT2D eigenvalue weighted by atomic mass is 10.1. The molecular weight excluding hydrogens is 521 g/mol. The van der Waals surface area contributed by atoms with Crippen LogP contribution in [0.3, 0.4) is 0 Å². The van der Waals surface area contributed by atoms with Gasteiger partial charge in [-0.1, -0.05) is 46.9 Å². The van der Waals surface area contributed by atoms with Gasteiger partial charge in [0.25, 0.3) is 17.7 Å². The summed E-state index contributed by atoms with van der Waals surface area (Å²) in [6.45, 7) is 0. The molecule has 34 heavy (non-hydrogen) atoms. The first-order chi connectivity index (χ1) is 16.2. The Morgan fingerprint density at radius 2 is 1.59 bits per heavy atom. The van der Waals surface area contributed by atoms with Crippen LogP contribution in [0.2, 0.25) is 15.1 Å². The molecule has 3 aromatic carbocycles. The van der Waals surface area contributed by atoms with Crippen molar-refractivity contribution < 1.29 is 19.1 Å². The standard InChI is InChI=1S/C23H14Cl3N3O4S/c1-33-19-15(8-11(24)9-17(19)26)20(30)28-23(34)27-18-7-6-12(10-16(18)25)29-21(31)13-4-2-3-5-14(13)22(29)32/h2-10H,1H3,(H2,27,28,30,34). The normalized spacial score (nSPS) is 12.4. The molecule has 4 rings (SSSR count). The molecule has 0 radical (unpaired) electrons. The largest absolute Gasteiger partial charge is 0.494 e. The fraction of sp³-hybridized carbons (Fsp3) is 0.0435. The van der Waals surface area contributed by atoms with Crippen LogP contribution in [0.4, 0.5) is 11.4 Å². The highest BCUT2D eigenvalue weighted by molar-refractivity contribution is 7.80. The van der Waals surface area contributed by atoms with E-state index in [2.05, 4.69) is 10.6 Å². The van der Waals surface area contributed by atoms with Crippen molar-refractivity contribution in [3.8, 4) is 5.75 Å². The SMILES string of the molecule is COc1c(Cl)cc(Cl)cc1C(=O)NC(=S)Nc1ccc(N2C(=O)c3ccccc3C2=O)cc1Cl. The van der Waals surface area contributed by atoms with E-state index in [0.29, 0.717) is 22.5 Å². The summed E-state index contributed by atoms with van der Waals surface area (Å²) in [6.07, 6.45) is 0. The van der Waals surface area contributed by atoms with Gasteiger partial charge in [0, 0.05) is 5.02 Å². The average Bonchev–Trinajstić information content (AvgIpc) is 3.05. The van der Waals surface area contributed by atoms with Crippen molar-refractivity contribution in [2.45, 2.75) is 0 Å². The molecule has 172 valence electrons. The minimum atomic E-state index is -0.600. The van der Waals surface area contributed by atoms with Gasteiger partial charge in [-0.25, -0.2) is 4.90 Å². The molecule has 3 aromatic rings. The van der Waals surface area contributed by atoms with Crippen molar-refractivity contribution in [2.75, 3.05) is 17.3 Å². The predicted molar refractivity (Wildman–Crippen MR) is 136 cm³/mol. The number of ether oxygens (including phenoxy) is 1. The molecule has 1 aliphatic rings. The van der Waals surface area contributed by atoms with Gasteiger partial charge in [-0.3, -0.25) is 19.7 Å². The fourth-order valence-electron chi connectivity index (χ4n) is 3.43. The molecule has 0 fully saturated rings. The lowest BCUT2D eigenvalue weighted by Crippen LogP contribution is -2.34. The summed E-state index contributed by atoms with van der Waals surface area (Å²) in [6, 6.07) is 13.9. The van der Waals surface area contributed by atoms with Crippen molar-refractivity contribution in [2.24, 2.45) is 0 Å². The van der Waals surface area contributed by atoms with E-state index in [1.807, 2.05) is 0 Å². The maximum atomic E-state index is 12.7. The molecule has 0 saturated heterocycles. The molecule has 3 amide bonds. The highest BCUT2D eigenvalue weighted by Gasteiger charge is 2.36. The van der Waals surface area contributed by atoms with Crippen molar-refractivity contribution in [1.29, 1.82) is 0 Å². The Labute approximate surface area is 214 Å². The predicted octanol–water partition coefficient (Wildman–Crippen LogP) is 5.58. The number of nitrogens with one attached hydrogen (secondary N) is 2. The zero-order valence-electron chi connectivity index (χ0n) is 17.3. The monoisotopic (exact) mass is 533 g/mol. The zero-order chi connectivity index (χ0) is 24.6. The van der Waals surface area contributed by atoms with Gasteiger partial charge < -0.3 is 10.1 Å². The maximum Gasteiger partial charge on any atom is 0.266 e. The first kappa shape index (κ1) is 24.0. The Balaban J connectivity index is 1.50. The summed E-state index contributed by atoms with van der Waals surface area (Å²) >= 11 is 23.6.